The Morgan fingerprint density at radius 2 is 1.77 bits per heavy atom. The Kier molecular flexibility index (Phi) is 7.43. The normalized spacial score (nSPS) is 24.9. The molecule has 0 saturated carbocycles. The average molecular weight is 557 g/mol. The van der Waals surface area contributed by atoms with Crippen molar-refractivity contribution < 1.29 is 28.3 Å². The molecular formula is C26H33FN8O5. The van der Waals surface area contributed by atoms with Gasteiger partial charge in [-0.2, -0.15) is 0 Å². The van der Waals surface area contributed by atoms with E-state index in [1.807, 2.05) is 0 Å². The predicted octanol–water partition coefficient (Wildman–Crippen LogP) is 0.708. The van der Waals surface area contributed by atoms with Crippen LogP contribution >= 0.6 is 0 Å². The highest BCUT2D eigenvalue weighted by atomic mass is 19.1. The maximum absolute atomic E-state index is 14.8. The number of aromatic nitrogens is 3. The van der Waals surface area contributed by atoms with Gasteiger partial charge in [-0.25, -0.2) is 18.9 Å². The molecule has 214 valence electrons. The Hall–Kier alpha value is -4.10. The first kappa shape index (κ1) is 27.5. The number of Topliss-reactive ketones (excluding diaryl/α,β-unsaturated/α-hetero) is 1. The number of piperazine rings is 1. The molecule has 3 unspecified atom stereocenters. The van der Waals surface area contributed by atoms with Crippen molar-refractivity contribution in [1.29, 1.82) is 0 Å². The van der Waals surface area contributed by atoms with Crippen LogP contribution in [0.25, 0.3) is 0 Å². The van der Waals surface area contributed by atoms with Crippen LogP contribution in [0.5, 0.6) is 0 Å². The Morgan fingerprint density at radius 3 is 2.45 bits per heavy atom. The summed E-state index contributed by atoms with van der Waals surface area (Å²) < 4.78 is 21.7. The molecule has 4 aliphatic rings. The number of halogens is 1. The number of amides is 3. The highest BCUT2D eigenvalue weighted by Crippen LogP contribution is 2.34. The lowest BCUT2D eigenvalue weighted by atomic mass is 9.88. The van der Waals surface area contributed by atoms with Crippen molar-refractivity contribution in [3.05, 3.63) is 36.2 Å². The first-order valence-electron chi connectivity index (χ1n) is 13.4. The molecule has 0 aromatic carbocycles. The number of nitrogens with zero attached hydrogens (tertiary/aromatic N) is 7. The molecule has 2 saturated heterocycles. The van der Waals surface area contributed by atoms with E-state index in [1.54, 1.807) is 36.8 Å². The number of ether oxygens (including phenoxy) is 1. The molecule has 1 N–H and O–H groups in total. The summed E-state index contributed by atoms with van der Waals surface area (Å²) in [6.45, 7) is 7.11. The van der Waals surface area contributed by atoms with Crippen molar-refractivity contribution in [1.82, 2.24) is 35.0 Å². The number of ketones is 1. The predicted molar refractivity (Wildman–Crippen MR) is 139 cm³/mol. The van der Waals surface area contributed by atoms with Gasteiger partial charge in [-0.1, -0.05) is 5.21 Å². The summed E-state index contributed by atoms with van der Waals surface area (Å²) in [7, 11) is 0. The fourth-order valence-electron chi connectivity index (χ4n) is 5.43. The van der Waals surface area contributed by atoms with Gasteiger partial charge in [0.1, 0.15) is 11.4 Å². The van der Waals surface area contributed by atoms with E-state index in [-0.39, 0.29) is 50.1 Å². The van der Waals surface area contributed by atoms with Crippen LogP contribution in [0.2, 0.25) is 0 Å². The van der Waals surface area contributed by atoms with Gasteiger partial charge in [0.2, 0.25) is 11.7 Å². The maximum atomic E-state index is 14.8. The van der Waals surface area contributed by atoms with Crippen LogP contribution < -0.4 is 5.32 Å². The van der Waals surface area contributed by atoms with Crippen LogP contribution in [-0.4, -0.2) is 110 Å². The van der Waals surface area contributed by atoms with Gasteiger partial charge in [0.05, 0.1) is 36.5 Å². The lowest BCUT2D eigenvalue weighted by molar-refractivity contribution is -0.147. The van der Waals surface area contributed by atoms with E-state index in [1.165, 1.54) is 22.0 Å². The SMILES string of the molecule is CC(C)(C)OC(=O)N1CCCC(C(=O)N2CCN(C(=O)C(=O)C3=CNC4C(n5ccnn5)=NC=C(F)C34)CC2)C1. The quantitative estimate of drug-likeness (QED) is 0.537. The third-order valence-corrected chi connectivity index (χ3v) is 7.40. The third kappa shape index (κ3) is 5.47. The summed E-state index contributed by atoms with van der Waals surface area (Å²) in [5.41, 5.74) is -0.606. The van der Waals surface area contributed by atoms with Crippen molar-refractivity contribution in [2.45, 2.75) is 45.3 Å². The summed E-state index contributed by atoms with van der Waals surface area (Å²) in [4.78, 5) is 60.8. The number of nitrogens with one attached hydrogen (secondary N) is 1. The Bertz CT molecular complexity index is 1280. The molecule has 0 aliphatic carbocycles. The second-order valence-corrected chi connectivity index (χ2v) is 11.3. The van der Waals surface area contributed by atoms with Crippen LogP contribution in [0.1, 0.15) is 33.6 Å². The zero-order chi connectivity index (χ0) is 28.6. The number of hydrogen-bond donors (Lipinski definition) is 1. The van der Waals surface area contributed by atoms with Gasteiger partial charge in [-0.15, -0.1) is 5.10 Å². The summed E-state index contributed by atoms with van der Waals surface area (Å²) in [5, 5.41) is 10.6. The molecule has 1 aromatic heterocycles. The summed E-state index contributed by atoms with van der Waals surface area (Å²) in [6, 6.07) is -0.705. The molecule has 40 heavy (non-hydrogen) atoms. The van der Waals surface area contributed by atoms with Gasteiger partial charge in [0.15, 0.2) is 5.84 Å². The zero-order valence-electron chi connectivity index (χ0n) is 22.7. The fraction of sp³-hybridized carbons (Fsp3) is 0.577. The molecular weight excluding hydrogens is 523 g/mol. The molecule has 0 bridgehead atoms. The second-order valence-electron chi connectivity index (χ2n) is 11.3. The lowest BCUT2D eigenvalue weighted by Crippen LogP contribution is -2.55. The van der Waals surface area contributed by atoms with Crippen molar-refractivity contribution in [2.24, 2.45) is 16.8 Å². The van der Waals surface area contributed by atoms with Gasteiger partial charge >= 0.3 is 6.09 Å². The van der Waals surface area contributed by atoms with Crippen LogP contribution in [0.3, 0.4) is 0 Å². The van der Waals surface area contributed by atoms with E-state index in [0.717, 1.165) is 6.20 Å². The Morgan fingerprint density at radius 1 is 1.05 bits per heavy atom. The number of piperidine rings is 1. The van der Waals surface area contributed by atoms with E-state index >= 15 is 0 Å². The minimum Gasteiger partial charge on any atom is -0.444 e. The minimum atomic E-state index is -1.00. The standard InChI is InChI=1S/C26H33FN8O5/c1-26(2,3)40-25(39)34-7-4-5-16(15-34)23(37)32-9-11-33(12-10-32)24(38)21(36)17-13-28-20-19(17)18(27)14-29-22(20)35-8-6-30-31-35/h6,8,13-14,16,19-20,28H,4-5,7,9-12,15H2,1-3H3. The van der Waals surface area contributed by atoms with E-state index in [2.05, 4.69) is 20.6 Å². The number of rotatable bonds is 3. The molecule has 4 aliphatic heterocycles. The van der Waals surface area contributed by atoms with Gasteiger partial charge in [-0.3, -0.25) is 14.4 Å². The van der Waals surface area contributed by atoms with Gasteiger partial charge in [0, 0.05) is 51.0 Å². The number of hydrogen-bond acceptors (Lipinski definition) is 9. The van der Waals surface area contributed by atoms with E-state index in [0.29, 0.717) is 25.2 Å². The van der Waals surface area contributed by atoms with Crippen molar-refractivity contribution in [2.75, 3.05) is 39.3 Å². The molecule has 3 atom stereocenters. The number of carbonyl (C=O) groups excluding carboxylic acids is 4. The summed E-state index contributed by atoms with van der Waals surface area (Å²) in [5.74, 6) is -3.25. The van der Waals surface area contributed by atoms with E-state index < -0.39 is 41.2 Å². The van der Waals surface area contributed by atoms with Gasteiger partial charge < -0.3 is 24.8 Å². The van der Waals surface area contributed by atoms with Crippen molar-refractivity contribution in [3.63, 3.8) is 0 Å². The summed E-state index contributed by atoms with van der Waals surface area (Å²) >= 11 is 0. The van der Waals surface area contributed by atoms with Gasteiger partial charge in [-0.05, 0) is 33.6 Å². The average Bonchev–Trinajstić information content (AvgIpc) is 3.63. The zero-order valence-corrected chi connectivity index (χ0v) is 22.7. The highest BCUT2D eigenvalue weighted by Gasteiger charge is 2.45. The molecule has 0 radical (unpaired) electrons. The summed E-state index contributed by atoms with van der Waals surface area (Å²) in [6.07, 6.45) is 6.33. The number of fused-ring (bicyclic) bond motifs is 1. The Balaban J connectivity index is 1.16. The van der Waals surface area contributed by atoms with E-state index in [4.69, 9.17) is 4.74 Å². The van der Waals surface area contributed by atoms with Crippen molar-refractivity contribution in [3.8, 4) is 0 Å². The smallest absolute Gasteiger partial charge is 0.410 e. The molecule has 5 rings (SSSR count). The first-order valence-corrected chi connectivity index (χ1v) is 13.4. The lowest BCUT2D eigenvalue weighted by Gasteiger charge is -2.39. The third-order valence-electron chi connectivity index (χ3n) is 7.40. The maximum Gasteiger partial charge on any atom is 0.410 e. The monoisotopic (exact) mass is 556 g/mol. The van der Waals surface area contributed by atoms with Crippen LogP contribution in [0.4, 0.5) is 9.18 Å². The number of likely N-dealkylation sites (tertiary alicyclic amines) is 1. The second kappa shape index (κ2) is 10.8. The van der Waals surface area contributed by atoms with Crippen molar-refractivity contribution >= 4 is 29.5 Å². The highest BCUT2D eigenvalue weighted by molar-refractivity contribution is 6.43. The first-order chi connectivity index (χ1) is 19.0. The molecule has 3 amide bonds. The fourth-order valence-corrected chi connectivity index (χ4v) is 5.43. The minimum absolute atomic E-state index is 0.0132. The van der Waals surface area contributed by atoms with Crippen LogP contribution in [-0.2, 0) is 19.1 Å². The topological polar surface area (TPSA) is 142 Å². The Labute approximate surface area is 230 Å². The van der Waals surface area contributed by atoms with Gasteiger partial charge in [0.25, 0.3) is 5.91 Å². The number of aliphatic imine (C=N–C) groups is 1. The van der Waals surface area contributed by atoms with E-state index in [9.17, 15) is 23.6 Å². The molecule has 14 heteroatoms. The van der Waals surface area contributed by atoms with Crippen LogP contribution in [0.15, 0.2) is 41.2 Å². The van der Waals surface area contributed by atoms with Crippen LogP contribution in [0, 0.1) is 11.8 Å². The molecule has 0 spiro atoms. The molecule has 2 fully saturated rings. The molecule has 5 heterocycles. The molecule has 1 aromatic rings. The number of carbonyl (C=O) groups is 4. The largest absolute Gasteiger partial charge is 0.444 e. The molecule has 13 nitrogen and oxygen atoms in total.